The quantitative estimate of drug-likeness (QED) is 0.503. The van der Waals surface area contributed by atoms with Crippen molar-refractivity contribution in [2.45, 2.75) is 32.5 Å². The normalized spacial score (nSPS) is 14.5. The first-order valence-electron chi connectivity index (χ1n) is 8.28. The molecule has 27 heavy (non-hydrogen) atoms. The maximum Gasteiger partial charge on any atom is 0.426 e. The fourth-order valence-electron chi connectivity index (χ4n) is 1.97. The molecular weight excluding hydrogens is 390 g/mol. The number of carbonyl (C=O) groups excluding carboxylic acids is 3. The van der Waals surface area contributed by atoms with Crippen molar-refractivity contribution in [3.8, 4) is 0 Å². The van der Waals surface area contributed by atoms with Gasteiger partial charge in [0.25, 0.3) is 5.91 Å². The summed E-state index contributed by atoms with van der Waals surface area (Å²) in [6.07, 6.45) is -0.645. The summed E-state index contributed by atoms with van der Waals surface area (Å²) in [6.45, 7) is 5.16. The second-order valence-electron chi connectivity index (χ2n) is 6.71. The molecular formula is C17H23N3O5S2. The number of nitrogens with one attached hydrogen (secondary N) is 3. The van der Waals surface area contributed by atoms with Gasteiger partial charge in [0.15, 0.2) is 0 Å². The van der Waals surface area contributed by atoms with Crippen LogP contribution in [0.5, 0.6) is 0 Å². The van der Waals surface area contributed by atoms with E-state index in [-0.39, 0.29) is 18.6 Å². The summed E-state index contributed by atoms with van der Waals surface area (Å²) in [5.74, 6) is 1.03. The van der Waals surface area contributed by atoms with Gasteiger partial charge in [-0.25, -0.2) is 10.2 Å². The van der Waals surface area contributed by atoms with Gasteiger partial charge in [0.1, 0.15) is 12.2 Å². The molecule has 1 aliphatic heterocycles. The topological polar surface area (TPSA) is 106 Å². The highest BCUT2D eigenvalue weighted by atomic mass is 33.1. The van der Waals surface area contributed by atoms with Gasteiger partial charge in [0.2, 0.25) is 5.91 Å². The van der Waals surface area contributed by atoms with Crippen molar-refractivity contribution in [1.29, 1.82) is 0 Å². The predicted octanol–water partition coefficient (Wildman–Crippen LogP) is 2.57. The largest absolute Gasteiger partial charge is 0.443 e. The monoisotopic (exact) mass is 413 g/mol. The molecule has 0 atom stereocenters. The van der Waals surface area contributed by atoms with Crippen LogP contribution in [-0.2, 0) is 14.3 Å². The van der Waals surface area contributed by atoms with Gasteiger partial charge < -0.3 is 14.8 Å². The van der Waals surface area contributed by atoms with Crippen molar-refractivity contribution >= 4 is 45.2 Å². The van der Waals surface area contributed by atoms with Crippen molar-refractivity contribution < 1.29 is 23.9 Å². The van der Waals surface area contributed by atoms with E-state index in [4.69, 9.17) is 9.47 Å². The first-order valence-corrected chi connectivity index (χ1v) is 10.8. The number of hydrazine groups is 1. The lowest BCUT2D eigenvalue weighted by Crippen LogP contribution is -2.44. The molecule has 3 amide bonds. The Hall–Kier alpha value is -1.91. The van der Waals surface area contributed by atoms with Crippen molar-refractivity contribution in [1.82, 2.24) is 10.9 Å². The molecule has 1 aromatic carbocycles. The van der Waals surface area contributed by atoms with E-state index in [9.17, 15) is 14.4 Å². The SMILES string of the molecule is CC(C)(C)OC(=O)NNC(=O)c1ccc(NC(=O)COC2CSSC2)cc1. The van der Waals surface area contributed by atoms with E-state index in [0.29, 0.717) is 11.3 Å². The van der Waals surface area contributed by atoms with Gasteiger partial charge in [-0.2, -0.15) is 0 Å². The third-order valence-corrected chi connectivity index (χ3v) is 5.65. The third kappa shape index (κ3) is 8.10. The molecule has 1 heterocycles. The molecule has 148 valence electrons. The van der Waals surface area contributed by atoms with E-state index < -0.39 is 17.6 Å². The first kappa shape index (κ1) is 21.4. The highest BCUT2D eigenvalue weighted by Gasteiger charge is 2.18. The van der Waals surface area contributed by atoms with Crippen LogP contribution in [-0.4, -0.2) is 47.7 Å². The molecule has 1 aliphatic rings. The maximum absolute atomic E-state index is 12.0. The lowest BCUT2D eigenvalue weighted by atomic mass is 10.2. The Morgan fingerprint density at radius 2 is 1.70 bits per heavy atom. The van der Waals surface area contributed by atoms with Gasteiger partial charge in [0.05, 0.1) is 6.10 Å². The molecule has 0 unspecified atom stereocenters. The Bertz CT molecular complexity index is 670. The molecule has 0 aliphatic carbocycles. The number of hydrogen-bond donors (Lipinski definition) is 3. The van der Waals surface area contributed by atoms with Crippen LogP contribution < -0.4 is 16.2 Å². The fraction of sp³-hybridized carbons (Fsp3) is 0.471. The van der Waals surface area contributed by atoms with Crippen LogP contribution in [0.2, 0.25) is 0 Å². The van der Waals surface area contributed by atoms with E-state index >= 15 is 0 Å². The number of ether oxygens (including phenoxy) is 2. The number of benzene rings is 1. The molecule has 1 saturated heterocycles. The summed E-state index contributed by atoms with van der Waals surface area (Å²) in [5.41, 5.74) is 4.65. The summed E-state index contributed by atoms with van der Waals surface area (Å²) < 4.78 is 10.5. The Morgan fingerprint density at radius 3 is 2.30 bits per heavy atom. The van der Waals surface area contributed by atoms with Crippen LogP contribution in [0, 0.1) is 0 Å². The first-order chi connectivity index (χ1) is 12.7. The molecule has 0 spiro atoms. The summed E-state index contributed by atoms with van der Waals surface area (Å²) in [5, 5.41) is 2.71. The van der Waals surface area contributed by atoms with Crippen molar-refractivity contribution in [2.75, 3.05) is 23.4 Å². The van der Waals surface area contributed by atoms with Crippen LogP contribution >= 0.6 is 21.6 Å². The number of carbonyl (C=O) groups is 3. The zero-order valence-electron chi connectivity index (χ0n) is 15.4. The molecule has 0 saturated carbocycles. The Labute approximate surface area is 165 Å². The molecule has 0 aromatic heterocycles. The highest BCUT2D eigenvalue weighted by molar-refractivity contribution is 8.77. The van der Waals surface area contributed by atoms with Gasteiger partial charge in [-0.15, -0.1) is 0 Å². The van der Waals surface area contributed by atoms with Crippen molar-refractivity contribution in [3.05, 3.63) is 29.8 Å². The van der Waals surface area contributed by atoms with E-state index in [2.05, 4.69) is 16.2 Å². The molecule has 3 N–H and O–H groups in total. The molecule has 8 nitrogen and oxygen atoms in total. The van der Waals surface area contributed by atoms with E-state index in [1.54, 1.807) is 54.5 Å². The minimum Gasteiger partial charge on any atom is -0.443 e. The lowest BCUT2D eigenvalue weighted by molar-refractivity contribution is -0.121. The minimum absolute atomic E-state index is 0.00612. The van der Waals surface area contributed by atoms with Gasteiger partial charge in [-0.05, 0) is 45.0 Å². The van der Waals surface area contributed by atoms with Crippen LogP contribution in [0.25, 0.3) is 0 Å². The van der Waals surface area contributed by atoms with E-state index in [1.165, 1.54) is 12.1 Å². The molecule has 0 radical (unpaired) electrons. The fourth-order valence-corrected chi connectivity index (χ4v) is 4.53. The predicted molar refractivity (Wildman–Crippen MR) is 107 cm³/mol. The second kappa shape index (κ2) is 9.86. The van der Waals surface area contributed by atoms with Gasteiger partial charge >= 0.3 is 6.09 Å². The molecule has 10 heteroatoms. The van der Waals surface area contributed by atoms with Crippen molar-refractivity contribution in [2.24, 2.45) is 0 Å². The third-order valence-electron chi connectivity index (χ3n) is 3.15. The lowest BCUT2D eigenvalue weighted by Gasteiger charge is -2.19. The Balaban J connectivity index is 1.75. The average Bonchev–Trinajstić information content (AvgIpc) is 3.10. The molecule has 0 bridgehead atoms. The standard InChI is InChI=1S/C17H23N3O5S2/c1-17(2,3)25-16(23)20-19-15(22)11-4-6-12(7-5-11)18-14(21)8-24-13-9-26-27-10-13/h4-7,13H,8-10H2,1-3H3,(H,18,21)(H,19,22)(H,20,23). The summed E-state index contributed by atoms with van der Waals surface area (Å²) in [6, 6.07) is 6.27. The van der Waals surface area contributed by atoms with Crippen LogP contribution in [0.1, 0.15) is 31.1 Å². The van der Waals surface area contributed by atoms with Crippen LogP contribution in [0.3, 0.4) is 0 Å². The number of amides is 3. The smallest absolute Gasteiger partial charge is 0.426 e. The van der Waals surface area contributed by atoms with E-state index in [0.717, 1.165) is 11.5 Å². The van der Waals surface area contributed by atoms with Crippen LogP contribution in [0.4, 0.5) is 10.5 Å². The number of anilines is 1. The average molecular weight is 414 g/mol. The highest BCUT2D eigenvalue weighted by Crippen LogP contribution is 2.32. The van der Waals surface area contributed by atoms with Gasteiger partial charge in [0, 0.05) is 22.8 Å². The molecule has 2 rings (SSSR count). The minimum atomic E-state index is -0.751. The Morgan fingerprint density at radius 1 is 1.07 bits per heavy atom. The van der Waals surface area contributed by atoms with Crippen LogP contribution in [0.15, 0.2) is 24.3 Å². The number of rotatable bonds is 5. The molecule has 1 aromatic rings. The second-order valence-corrected chi connectivity index (χ2v) is 9.26. The molecule has 1 fully saturated rings. The van der Waals surface area contributed by atoms with Crippen molar-refractivity contribution in [3.63, 3.8) is 0 Å². The Kier molecular flexibility index (Phi) is 7.81. The zero-order chi connectivity index (χ0) is 19.9. The van der Waals surface area contributed by atoms with E-state index in [1.807, 2.05) is 0 Å². The number of hydrogen-bond acceptors (Lipinski definition) is 7. The van der Waals surface area contributed by atoms with Gasteiger partial charge in [-0.3, -0.25) is 15.0 Å². The summed E-state index contributed by atoms with van der Waals surface area (Å²) >= 11 is 0. The summed E-state index contributed by atoms with van der Waals surface area (Å²) in [4.78, 5) is 35.4. The maximum atomic E-state index is 12.0. The summed E-state index contributed by atoms with van der Waals surface area (Å²) in [7, 11) is 3.48. The zero-order valence-corrected chi connectivity index (χ0v) is 17.0. The van der Waals surface area contributed by atoms with Gasteiger partial charge in [-0.1, -0.05) is 21.6 Å².